The minimum atomic E-state index is -0.465. The van der Waals surface area contributed by atoms with Crippen LogP contribution in [-0.4, -0.2) is 35.0 Å². The smallest absolute Gasteiger partial charge is 0.242 e. The first-order chi connectivity index (χ1) is 8.96. The number of rotatable bonds is 3. The molecule has 0 bridgehead atoms. The molecule has 2 N–H and O–H groups in total. The van der Waals surface area contributed by atoms with Crippen molar-refractivity contribution in [2.24, 2.45) is 0 Å². The Morgan fingerprint density at radius 3 is 2.74 bits per heavy atom. The zero-order chi connectivity index (χ0) is 14.0. The predicted octanol–water partition coefficient (Wildman–Crippen LogP) is 2.05. The molecule has 4 nitrogen and oxygen atoms in total. The normalized spacial score (nSPS) is 24.2. The molecule has 0 saturated carbocycles. The van der Waals surface area contributed by atoms with Crippen LogP contribution in [-0.2, 0) is 4.79 Å². The molecule has 1 aliphatic rings. The summed E-state index contributed by atoms with van der Waals surface area (Å²) in [5.74, 6) is 0.319. The van der Waals surface area contributed by atoms with Gasteiger partial charge < -0.3 is 15.3 Å². The van der Waals surface area contributed by atoms with Gasteiger partial charge >= 0.3 is 0 Å². The number of hydrogen-bond acceptors (Lipinski definition) is 3. The third-order valence-corrected chi connectivity index (χ3v) is 4.13. The zero-order valence-corrected chi connectivity index (χ0v) is 11.8. The van der Waals surface area contributed by atoms with Crippen LogP contribution in [0.25, 0.3) is 0 Å². The van der Waals surface area contributed by atoms with Gasteiger partial charge in [-0.25, -0.2) is 0 Å². The molecule has 0 spiro atoms. The Kier molecular flexibility index (Phi) is 3.80. The minimum Gasteiger partial charge on any atom is -0.508 e. The molecule has 0 radical (unpaired) electrons. The number of phenolic OH excluding ortho intramolecular Hbond substituents is 1. The topological polar surface area (TPSA) is 52.6 Å². The second kappa shape index (κ2) is 5.21. The number of nitrogens with zero attached hydrogens (tertiary/aromatic N) is 1. The number of para-hydroxylation sites is 1. The van der Waals surface area contributed by atoms with Gasteiger partial charge in [0.05, 0.1) is 11.6 Å². The number of carbonyl (C=O) groups excluding carboxylic acids is 1. The van der Waals surface area contributed by atoms with Crippen molar-refractivity contribution in [1.29, 1.82) is 0 Å². The van der Waals surface area contributed by atoms with Gasteiger partial charge in [0.2, 0.25) is 5.91 Å². The summed E-state index contributed by atoms with van der Waals surface area (Å²) in [6.07, 6.45) is 1.89. The highest BCUT2D eigenvalue weighted by Crippen LogP contribution is 2.30. The van der Waals surface area contributed by atoms with Crippen molar-refractivity contribution in [3.63, 3.8) is 0 Å². The maximum absolute atomic E-state index is 12.6. The minimum absolute atomic E-state index is 0.0840. The summed E-state index contributed by atoms with van der Waals surface area (Å²) in [6, 6.07) is 7.02. The average molecular weight is 262 g/mol. The predicted molar refractivity (Wildman–Crippen MR) is 74.9 cm³/mol. The van der Waals surface area contributed by atoms with E-state index in [1.54, 1.807) is 24.1 Å². The Balaban J connectivity index is 2.17. The standard InChI is InChI=1S/C15H22N2O2/c1-11(12-7-4-5-8-13(12)18)17(3)14(19)15(2)9-6-10-16-15/h4-5,7-8,11,16,18H,6,9-10H2,1-3H3. The molecule has 104 valence electrons. The van der Waals surface area contributed by atoms with E-state index in [9.17, 15) is 9.90 Å². The van der Waals surface area contributed by atoms with E-state index >= 15 is 0 Å². The Morgan fingerprint density at radius 2 is 2.16 bits per heavy atom. The maximum atomic E-state index is 12.6. The van der Waals surface area contributed by atoms with Crippen LogP contribution in [0.15, 0.2) is 24.3 Å². The number of carbonyl (C=O) groups is 1. The van der Waals surface area contributed by atoms with E-state index in [1.807, 2.05) is 26.0 Å². The number of benzene rings is 1. The van der Waals surface area contributed by atoms with Gasteiger partial charge in [-0.15, -0.1) is 0 Å². The van der Waals surface area contributed by atoms with Crippen LogP contribution >= 0.6 is 0 Å². The molecule has 1 aromatic rings. The second-order valence-electron chi connectivity index (χ2n) is 5.51. The van der Waals surface area contributed by atoms with Crippen LogP contribution in [0.2, 0.25) is 0 Å². The van der Waals surface area contributed by atoms with Crippen molar-refractivity contribution in [3.8, 4) is 5.75 Å². The Labute approximate surface area is 114 Å². The molecule has 2 unspecified atom stereocenters. The van der Waals surface area contributed by atoms with E-state index in [0.29, 0.717) is 0 Å². The molecule has 4 heteroatoms. The highest BCUT2D eigenvalue weighted by Gasteiger charge is 2.39. The molecule has 1 saturated heterocycles. The quantitative estimate of drug-likeness (QED) is 0.876. The fourth-order valence-corrected chi connectivity index (χ4v) is 2.69. The molecule has 1 fully saturated rings. The van der Waals surface area contributed by atoms with Crippen LogP contribution in [0.1, 0.15) is 38.3 Å². The monoisotopic (exact) mass is 262 g/mol. The third-order valence-electron chi connectivity index (χ3n) is 4.13. The van der Waals surface area contributed by atoms with Crippen LogP contribution in [0.3, 0.4) is 0 Å². The van der Waals surface area contributed by atoms with Crippen molar-refractivity contribution < 1.29 is 9.90 Å². The Hall–Kier alpha value is -1.55. The molecule has 1 heterocycles. The Bertz CT molecular complexity index is 467. The van der Waals surface area contributed by atoms with E-state index < -0.39 is 5.54 Å². The third kappa shape index (κ3) is 2.59. The van der Waals surface area contributed by atoms with Gasteiger partial charge in [0.25, 0.3) is 0 Å². The van der Waals surface area contributed by atoms with Gasteiger partial charge in [-0.2, -0.15) is 0 Å². The van der Waals surface area contributed by atoms with Crippen LogP contribution in [0.5, 0.6) is 5.75 Å². The van der Waals surface area contributed by atoms with Gasteiger partial charge in [-0.3, -0.25) is 4.79 Å². The fourth-order valence-electron chi connectivity index (χ4n) is 2.69. The van der Waals surface area contributed by atoms with Crippen LogP contribution in [0.4, 0.5) is 0 Å². The lowest BCUT2D eigenvalue weighted by Crippen LogP contribution is -2.52. The number of hydrogen-bond donors (Lipinski definition) is 2. The summed E-state index contributed by atoms with van der Waals surface area (Å²) in [4.78, 5) is 14.3. The summed E-state index contributed by atoms with van der Waals surface area (Å²) in [5.41, 5.74) is 0.313. The molecule has 2 rings (SSSR count). The first-order valence-electron chi connectivity index (χ1n) is 6.76. The van der Waals surface area contributed by atoms with Crippen LogP contribution in [0, 0.1) is 0 Å². The maximum Gasteiger partial charge on any atom is 0.242 e. The van der Waals surface area contributed by atoms with Crippen molar-refractivity contribution in [1.82, 2.24) is 10.2 Å². The van der Waals surface area contributed by atoms with E-state index in [0.717, 1.165) is 24.9 Å². The van der Waals surface area contributed by atoms with E-state index in [2.05, 4.69) is 5.32 Å². The van der Waals surface area contributed by atoms with Crippen molar-refractivity contribution in [2.45, 2.75) is 38.3 Å². The second-order valence-corrected chi connectivity index (χ2v) is 5.51. The van der Waals surface area contributed by atoms with Gasteiger partial charge in [0.15, 0.2) is 0 Å². The van der Waals surface area contributed by atoms with Crippen molar-refractivity contribution in [3.05, 3.63) is 29.8 Å². The number of aromatic hydroxyl groups is 1. The summed E-state index contributed by atoms with van der Waals surface area (Å²) < 4.78 is 0. The summed E-state index contributed by atoms with van der Waals surface area (Å²) in [5, 5.41) is 13.2. The number of nitrogens with one attached hydrogen (secondary N) is 1. The lowest BCUT2D eigenvalue weighted by atomic mass is 9.96. The van der Waals surface area contributed by atoms with Gasteiger partial charge in [-0.05, 0) is 39.3 Å². The zero-order valence-electron chi connectivity index (χ0n) is 11.8. The van der Waals surface area contributed by atoms with Gasteiger partial charge in [-0.1, -0.05) is 18.2 Å². The molecule has 0 aliphatic carbocycles. The van der Waals surface area contributed by atoms with Gasteiger partial charge in [0, 0.05) is 12.6 Å². The lowest BCUT2D eigenvalue weighted by Gasteiger charge is -2.33. The van der Waals surface area contributed by atoms with Crippen LogP contribution < -0.4 is 5.32 Å². The Morgan fingerprint density at radius 1 is 1.47 bits per heavy atom. The summed E-state index contributed by atoms with van der Waals surface area (Å²) in [6.45, 7) is 4.78. The number of amides is 1. The fraction of sp³-hybridized carbons (Fsp3) is 0.533. The highest BCUT2D eigenvalue weighted by molar-refractivity contribution is 5.86. The highest BCUT2D eigenvalue weighted by atomic mass is 16.3. The van der Waals surface area contributed by atoms with Gasteiger partial charge in [0.1, 0.15) is 5.75 Å². The average Bonchev–Trinajstić information content (AvgIpc) is 2.85. The number of likely N-dealkylation sites (N-methyl/N-ethyl adjacent to an activating group) is 1. The first-order valence-corrected chi connectivity index (χ1v) is 6.76. The molecule has 0 aromatic heterocycles. The summed E-state index contributed by atoms with van der Waals surface area (Å²) >= 11 is 0. The molecule has 19 heavy (non-hydrogen) atoms. The molecule has 2 atom stereocenters. The molecular formula is C15H22N2O2. The lowest BCUT2D eigenvalue weighted by molar-refractivity contribution is -0.137. The van der Waals surface area contributed by atoms with E-state index in [-0.39, 0.29) is 17.7 Å². The largest absolute Gasteiger partial charge is 0.508 e. The molecule has 1 amide bonds. The number of phenols is 1. The summed E-state index contributed by atoms with van der Waals surface area (Å²) in [7, 11) is 1.80. The van der Waals surface area contributed by atoms with E-state index in [1.165, 1.54) is 0 Å². The van der Waals surface area contributed by atoms with Crippen molar-refractivity contribution in [2.75, 3.05) is 13.6 Å². The SMILES string of the molecule is CC(c1ccccc1O)N(C)C(=O)C1(C)CCCN1. The molecular weight excluding hydrogens is 240 g/mol. The molecule has 1 aliphatic heterocycles. The first kappa shape index (κ1) is 13.9. The van der Waals surface area contributed by atoms with E-state index in [4.69, 9.17) is 0 Å². The molecule has 1 aromatic carbocycles. The van der Waals surface area contributed by atoms with Crippen molar-refractivity contribution >= 4 is 5.91 Å².